The molecule has 1 fully saturated rings. The number of halogens is 1. The van der Waals surface area contributed by atoms with Gasteiger partial charge < -0.3 is 20.3 Å². The molecule has 0 radical (unpaired) electrons. The van der Waals surface area contributed by atoms with Crippen LogP contribution in [0.4, 0.5) is 4.79 Å². The van der Waals surface area contributed by atoms with Gasteiger partial charge in [-0.15, -0.1) is 0 Å². The summed E-state index contributed by atoms with van der Waals surface area (Å²) in [4.78, 5) is 25.6. The van der Waals surface area contributed by atoms with Crippen LogP contribution >= 0.6 is 11.6 Å². The molecular formula is C16H22ClN3O3. The minimum absolute atomic E-state index is 0.115. The largest absolute Gasteiger partial charge is 0.497 e. The molecule has 1 saturated heterocycles. The minimum atomic E-state index is -0.456. The monoisotopic (exact) mass is 339 g/mol. The van der Waals surface area contributed by atoms with Gasteiger partial charge in [0.1, 0.15) is 11.8 Å². The Morgan fingerprint density at radius 2 is 2.30 bits per heavy atom. The lowest BCUT2D eigenvalue weighted by Gasteiger charge is -2.25. The van der Waals surface area contributed by atoms with Gasteiger partial charge in [-0.25, -0.2) is 4.79 Å². The Kier molecular flexibility index (Phi) is 6.10. The number of nitrogens with zero attached hydrogens (tertiary/aromatic N) is 1. The Hall–Kier alpha value is -1.95. The highest BCUT2D eigenvalue weighted by Crippen LogP contribution is 2.22. The van der Waals surface area contributed by atoms with Crippen LogP contribution in [0.25, 0.3) is 0 Å². The second-order valence-corrected chi connectivity index (χ2v) is 5.86. The normalized spacial score (nSPS) is 18.1. The first kappa shape index (κ1) is 17.4. The summed E-state index contributed by atoms with van der Waals surface area (Å²) in [6.45, 7) is 3.36. The fourth-order valence-electron chi connectivity index (χ4n) is 2.48. The Morgan fingerprint density at radius 3 is 3.00 bits per heavy atom. The zero-order chi connectivity index (χ0) is 16.8. The zero-order valence-electron chi connectivity index (χ0n) is 13.4. The predicted octanol–water partition coefficient (Wildman–Crippen LogP) is 1.81. The van der Waals surface area contributed by atoms with Crippen LogP contribution in [-0.4, -0.2) is 49.6 Å². The molecule has 0 bridgehead atoms. The van der Waals surface area contributed by atoms with Gasteiger partial charge >= 0.3 is 6.03 Å². The summed E-state index contributed by atoms with van der Waals surface area (Å²) in [5, 5.41) is 6.25. The average Bonchev–Trinajstić information content (AvgIpc) is 2.71. The molecule has 2 N–H and O–H groups in total. The summed E-state index contributed by atoms with van der Waals surface area (Å²) in [6.07, 6.45) is 1.37. The Bertz CT molecular complexity index is 580. The highest BCUT2D eigenvalue weighted by molar-refractivity contribution is 6.31. The van der Waals surface area contributed by atoms with Crippen LogP contribution in [0, 0.1) is 0 Å². The van der Waals surface area contributed by atoms with E-state index in [2.05, 4.69) is 10.6 Å². The van der Waals surface area contributed by atoms with Gasteiger partial charge in [0.2, 0.25) is 5.91 Å². The van der Waals surface area contributed by atoms with Gasteiger partial charge in [-0.1, -0.05) is 17.7 Å². The topological polar surface area (TPSA) is 70.7 Å². The second-order valence-electron chi connectivity index (χ2n) is 5.45. The van der Waals surface area contributed by atoms with Crippen LogP contribution in [0.5, 0.6) is 5.75 Å². The quantitative estimate of drug-likeness (QED) is 0.879. The van der Waals surface area contributed by atoms with E-state index < -0.39 is 6.04 Å². The summed E-state index contributed by atoms with van der Waals surface area (Å²) < 4.78 is 5.11. The molecule has 0 unspecified atom stereocenters. The maximum atomic E-state index is 12.3. The van der Waals surface area contributed by atoms with Crippen LogP contribution < -0.4 is 15.4 Å². The molecular weight excluding hydrogens is 318 g/mol. The highest BCUT2D eigenvalue weighted by Gasteiger charge is 2.27. The third kappa shape index (κ3) is 4.51. The molecule has 0 aliphatic carbocycles. The van der Waals surface area contributed by atoms with E-state index in [1.54, 1.807) is 25.0 Å². The van der Waals surface area contributed by atoms with Crippen molar-refractivity contribution < 1.29 is 14.3 Å². The molecule has 23 heavy (non-hydrogen) atoms. The number of amides is 3. The molecule has 1 aromatic rings. The van der Waals surface area contributed by atoms with Crippen molar-refractivity contribution in [3.05, 3.63) is 28.8 Å². The van der Waals surface area contributed by atoms with Crippen LogP contribution in [0.2, 0.25) is 5.02 Å². The maximum Gasteiger partial charge on any atom is 0.318 e. The number of hydrogen-bond donors (Lipinski definition) is 2. The number of rotatable bonds is 4. The van der Waals surface area contributed by atoms with Crippen LogP contribution in [0.3, 0.4) is 0 Å². The Morgan fingerprint density at radius 1 is 1.52 bits per heavy atom. The van der Waals surface area contributed by atoms with E-state index >= 15 is 0 Å². The predicted molar refractivity (Wildman–Crippen MR) is 88.9 cm³/mol. The van der Waals surface area contributed by atoms with E-state index in [0.717, 1.165) is 12.0 Å². The fraction of sp³-hybridized carbons (Fsp3) is 0.500. The van der Waals surface area contributed by atoms with Gasteiger partial charge in [0.05, 0.1) is 7.11 Å². The van der Waals surface area contributed by atoms with E-state index in [1.807, 2.05) is 12.1 Å². The first-order valence-corrected chi connectivity index (χ1v) is 8.05. The van der Waals surface area contributed by atoms with Crippen molar-refractivity contribution in [1.29, 1.82) is 0 Å². The van der Waals surface area contributed by atoms with Crippen LogP contribution in [-0.2, 0) is 11.2 Å². The summed E-state index contributed by atoms with van der Waals surface area (Å²) in [7, 11) is 1.59. The SMILES string of the molecule is COc1ccc(CCNC(=O)N2CCCNC(=O)[C@@H]2C)c(Cl)c1. The van der Waals surface area contributed by atoms with Crippen molar-refractivity contribution in [2.75, 3.05) is 26.7 Å². The molecule has 1 heterocycles. The lowest BCUT2D eigenvalue weighted by Crippen LogP contribution is -2.49. The fourth-order valence-corrected chi connectivity index (χ4v) is 2.75. The van der Waals surface area contributed by atoms with Crippen molar-refractivity contribution in [1.82, 2.24) is 15.5 Å². The van der Waals surface area contributed by atoms with Crippen molar-refractivity contribution in [3.63, 3.8) is 0 Å². The van der Waals surface area contributed by atoms with Gasteiger partial charge in [0, 0.05) is 24.7 Å². The molecule has 0 saturated carbocycles. The number of urea groups is 1. The number of carbonyl (C=O) groups is 2. The Balaban J connectivity index is 1.88. The second kappa shape index (κ2) is 8.06. The van der Waals surface area contributed by atoms with Crippen LogP contribution in [0.1, 0.15) is 18.9 Å². The summed E-state index contributed by atoms with van der Waals surface area (Å²) in [5.41, 5.74) is 0.939. The number of hydrogen-bond acceptors (Lipinski definition) is 3. The third-order valence-corrected chi connectivity index (χ3v) is 4.27. The molecule has 1 aliphatic rings. The average molecular weight is 340 g/mol. The lowest BCUT2D eigenvalue weighted by molar-refractivity contribution is -0.124. The molecule has 1 aromatic carbocycles. The Labute approximate surface area is 141 Å². The van der Waals surface area contributed by atoms with Gasteiger partial charge in [-0.05, 0) is 37.5 Å². The van der Waals surface area contributed by atoms with Crippen molar-refractivity contribution in [3.8, 4) is 5.75 Å². The van der Waals surface area contributed by atoms with Gasteiger partial charge in [-0.3, -0.25) is 4.79 Å². The smallest absolute Gasteiger partial charge is 0.318 e. The van der Waals surface area contributed by atoms with E-state index in [-0.39, 0.29) is 11.9 Å². The number of nitrogens with one attached hydrogen (secondary N) is 2. The third-order valence-electron chi connectivity index (χ3n) is 3.91. The van der Waals surface area contributed by atoms with Crippen molar-refractivity contribution in [2.24, 2.45) is 0 Å². The summed E-state index contributed by atoms with van der Waals surface area (Å²) in [6, 6.07) is 4.79. The summed E-state index contributed by atoms with van der Waals surface area (Å²) in [5.74, 6) is 0.586. The number of ether oxygens (including phenoxy) is 1. The van der Waals surface area contributed by atoms with Crippen LogP contribution in [0.15, 0.2) is 18.2 Å². The molecule has 1 atom stereocenters. The van der Waals surface area contributed by atoms with E-state index in [1.165, 1.54) is 0 Å². The van der Waals surface area contributed by atoms with E-state index in [9.17, 15) is 9.59 Å². The molecule has 7 heteroatoms. The van der Waals surface area contributed by atoms with E-state index in [4.69, 9.17) is 16.3 Å². The number of benzene rings is 1. The first-order valence-electron chi connectivity index (χ1n) is 7.67. The first-order chi connectivity index (χ1) is 11.0. The number of methoxy groups -OCH3 is 1. The summed E-state index contributed by atoms with van der Waals surface area (Å²) >= 11 is 6.18. The highest BCUT2D eigenvalue weighted by atomic mass is 35.5. The van der Waals surface area contributed by atoms with E-state index in [0.29, 0.717) is 36.8 Å². The molecule has 2 rings (SSSR count). The lowest BCUT2D eigenvalue weighted by atomic mass is 10.1. The van der Waals surface area contributed by atoms with Gasteiger partial charge in [0.25, 0.3) is 0 Å². The molecule has 1 aliphatic heterocycles. The molecule has 3 amide bonds. The maximum absolute atomic E-state index is 12.3. The molecule has 6 nitrogen and oxygen atoms in total. The van der Waals surface area contributed by atoms with Gasteiger partial charge in [0.15, 0.2) is 0 Å². The molecule has 0 spiro atoms. The van der Waals surface area contributed by atoms with Gasteiger partial charge in [-0.2, -0.15) is 0 Å². The van der Waals surface area contributed by atoms with Crippen molar-refractivity contribution in [2.45, 2.75) is 25.8 Å². The zero-order valence-corrected chi connectivity index (χ0v) is 14.2. The number of carbonyl (C=O) groups excluding carboxylic acids is 2. The molecule has 126 valence electrons. The molecule has 0 aromatic heterocycles. The minimum Gasteiger partial charge on any atom is -0.497 e. The van der Waals surface area contributed by atoms with Crippen molar-refractivity contribution >= 4 is 23.5 Å². The standard InChI is InChI=1S/C16H22ClN3O3/c1-11-15(21)18-7-3-9-20(11)16(22)19-8-6-12-4-5-13(23-2)10-14(12)17/h4-5,10-11H,3,6-9H2,1-2H3,(H,18,21)(H,19,22)/t11-/m0/s1.